The molecule has 8 heteroatoms. The first-order valence-corrected chi connectivity index (χ1v) is 24.2. The molecule has 3 heterocycles. The molecule has 0 unspecified atom stereocenters. The molecule has 0 aliphatic heterocycles. The molecule has 0 spiro atoms. The van der Waals surface area contributed by atoms with Gasteiger partial charge in [0, 0.05) is 49.6 Å². The van der Waals surface area contributed by atoms with Crippen molar-refractivity contribution in [2.75, 3.05) is 0 Å². The molecule has 0 saturated heterocycles. The first kappa shape index (κ1) is 43.3. The number of hydrogen-bond acceptors (Lipinski definition) is 6. The fourth-order valence-corrected chi connectivity index (χ4v) is 10.4. The third kappa shape index (κ3) is 7.42. The van der Waals surface area contributed by atoms with Gasteiger partial charge >= 0.3 is 0 Å². The third-order valence-electron chi connectivity index (χ3n) is 13.9. The second kappa shape index (κ2) is 17.9. The van der Waals surface area contributed by atoms with Crippen LogP contribution in [0.25, 0.3) is 123 Å². The van der Waals surface area contributed by atoms with E-state index in [2.05, 4.69) is 161 Å². The Bertz CT molecular complexity index is 4180. The topological polar surface area (TPSA) is 120 Å². The van der Waals surface area contributed by atoms with Crippen LogP contribution in [-0.2, 0) is 0 Å². The molecule has 74 heavy (non-hydrogen) atoms. The summed E-state index contributed by atoms with van der Waals surface area (Å²) in [5, 5.41) is 34.4. The van der Waals surface area contributed by atoms with E-state index in [1.165, 1.54) is 0 Å². The molecule has 0 aliphatic carbocycles. The van der Waals surface area contributed by atoms with Crippen molar-refractivity contribution in [1.82, 2.24) is 24.1 Å². The summed E-state index contributed by atoms with van der Waals surface area (Å²) in [6, 6.07) is 84.3. The van der Waals surface area contributed by atoms with Crippen LogP contribution in [0.3, 0.4) is 0 Å². The number of rotatable bonds is 8. The average Bonchev–Trinajstić information content (AvgIpc) is 4.00. The first-order chi connectivity index (χ1) is 36.5. The number of para-hydroxylation sites is 4. The molecule has 0 bridgehead atoms. The van der Waals surface area contributed by atoms with Gasteiger partial charge in [-0.15, -0.1) is 0 Å². The third-order valence-corrected chi connectivity index (χ3v) is 13.9. The predicted octanol–water partition coefficient (Wildman–Crippen LogP) is 15.7. The van der Waals surface area contributed by atoms with Crippen LogP contribution in [0.4, 0.5) is 0 Å². The highest BCUT2D eigenvalue weighted by Crippen LogP contribution is 2.41. The summed E-state index contributed by atoms with van der Waals surface area (Å²) in [5.74, 6) is 1.34. The second-order valence-electron chi connectivity index (χ2n) is 18.2. The molecule has 13 aromatic rings. The van der Waals surface area contributed by atoms with Crippen LogP contribution in [0.2, 0.25) is 0 Å². The smallest absolute Gasteiger partial charge is 0.164 e. The summed E-state index contributed by atoms with van der Waals surface area (Å²) < 4.78 is 4.57. The van der Waals surface area contributed by atoms with Crippen LogP contribution in [0.5, 0.6) is 0 Å². The van der Waals surface area contributed by atoms with Crippen LogP contribution in [0.1, 0.15) is 16.7 Å². The van der Waals surface area contributed by atoms with E-state index in [0.717, 1.165) is 105 Å². The zero-order chi connectivity index (χ0) is 49.7. The van der Waals surface area contributed by atoms with E-state index in [4.69, 9.17) is 15.0 Å². The van der Waals surface area contributed by atoms with Gasteiger partial charge in [-0.1, -0.05) is 133 Å². The average molecular weight is 943 g/mol. The number of benzene rings is 10. The van der Waals surface area contributed by atoms with E-state index in [1.807, 2.05) is 97.1 Å². The van der Waals surface area contributed by atoms with E-state index >= 15 is 0 Å². The van der Waals surface area contributed by atoms with Crippen molar-refractivity contribution in [3.63, 3.8) is 0 Å². The molecule has 0 fully saturated rings. The van der Waals surface area contributed by atoms with Gasteiger partial charge < -0.3 is 9.13 Å². The molecule has 13 rings (SSSR count). The lowest BCUT2D eigenvalue weighted by molar-refractivity contribution is 1.07. The lowest BCUT2D eigenvalue weighted by Crippen LogP contribution is -2.03. The summed E-state index contributed by atoms with van der Waals surface area (Å²) >= 11 is 0. The van der Waals surface area contributed by atoms with Gasteiger partial charge in [0.25, 0.3) is 0 Å². The molecule has 342 valence electrons. The molecule has 10 aromatic carbocycles. The lowest BCUT2D eigenvalue weighted by Gasteiger charge is -2.17. The van der Waals surface area contributed by atoms with E-state index < -0.39 is 0 Å². The fraction of sp³-hybridized carbons (Fsp3) is 0. The van der Waals surface area contributed by atoms with Crippen molar-refractivity contribution in [1.29, 1.82) is 15.8 Å². The monoisotopic (exact) mass is 942 g/mol. The standard InChI is InChI=1S/C66H38N8/c67-39-42-23-25-45(26-24-42)46-27-29-47(30-28-46)64-70-65(56-33-31-50(37-58(56)48-13-9-11-43(35-48)40-68)73-60-19-5-1-15-52(60)53-16-2-6-20-61(53)73)72-66(71-64)57-34-32-51(38-59(57)49-14-10-12-44(36-49)41-69)74-62-21-7-3-17-54(62)55-18-4-8-22-63(55)74/h1-38H. The minimum atomic E-state index is 0.440. The fourth-order valence-electron chi connectivity index (χ4n) is 10.4. The summed E-state index contributed by atoms with van der Waals surface area (Å²) in [6.07, 6.45) is 0. The predicted molar refractivity (Wildman–Crippen MR) is 295 cm³/mol. The molecule has 3 aromatic heterocycles. The van der Waals surface area contributed by atoms with Gasteiger partial charge in [-0.2, -0.15) is 15.8 Å². The second-order valence-corrected chi connectivity index (χ2v) is 18.2. The van der Waals surface area contributed by atoms with Gasteiger partial charge in [-0.25, -0.2) is 15.0 Å². The molecule has 0 aliphatic rings. The number of fused-ring (bicyclic) bond motifs is 6. The quantitative estimate of drug-likeness (QED) is 0.150. The Hall–Kier alpha value is -10.7. The van der Waals surface area contributed by atoms with Crippen molar-refractivity contribution in [2.24, 2.45) is 0 Å². The Morgan fingerprint density at radius 2 is 0.635 bits per heavy atom. The zero-order valence-electron chi connectivity index (χ0n) is 39.5. The molecular weight excluding hydrogens is 905 g/mol. The Morgan fingerprint density at radius 1 is 0.270 bits per heavy atom. The maximum absolute atomic E-state index is 10.2. The van der Waals surface area contributed by atoms with Crippen molar-refractivity contribution < 1.29 is 0 Å². The van der Waals surface area contributed by atoms with Gasteiger partial charge in [0.05, 0.1) is 57.0 Å². The molecule has 8 nitrogen and oxygen atoms in total. The van der Waals surface area contributed by atoms with E-state index in [1.54, 1.807) is 0 Å². The minimum absolute atomic E-state index is 0.440. The molecule has 0 N–H and O–H groups in total. The van der Waals surface area contributed by atoms with E-state index in [-0.39, 0.29) is 0 Å². The van der Waals surface area contributed by atoms with Crippen molar-refractivity contribution in [2.45, 2.75) is 0 Å². The SMILES string of the molecule is N#Cc1ccc(-c2ccc(-c3nc(-c4ccc(-n5c6ccccc6c6ccccc65)cc4-c4cccc(C#N)c4)nc(-c4ccc(-n5c6ccccc6c6ccccc65)cc4-c4cccc(C#N)c4)n3)cc2)cc1. The van der Waals surface area contributed by atoms with Gasteiger partial charge in [-0.3, -0.25) is 0 Å². The maximum atomic E-state index is 10.2. The highest BCUT2D eigenvalue weighted by atomic mass is 15.0. The van der Waals surface area contributed by atoms with Gasteiger partial charge in [-0.05, 0) is 130 Å². The summed E-state index contributed by atoms with van der Waals surface area (Å²) in [7, 11) is 0. The molecule has 0 radical (unpaired) electrons. The summed E-state index contributed by atoms with van der Waals surface area (Å²) in [6.45, 7) is 0. The largest absolute Gasteiger partial charge is 0.309 e. The van der Waals surface area contributed by atoms with Crippen LogP contribution >= 0.6 is 0 Å². The van der Waals surface area contributed by atoms with Gasteiger partial charge in [0.2, 0.25) is 0 Å². The molecule has 0 atom stereocenters. The normalized spacial score (nSPS) is 11.2. The first-order valence-electron chi connectivity index (χ1n) is 24.2. The Morgan fingerprint density at radius 3 is 1.04 bits per heavy atom. The van der Waals surface area contributed by atoms with Crippen LogP contribution in [0, 0.1) is 34.0 Å². The van der Waals surface area contributed by atoms with Crippen LogP contribution < -0.4 is 0 Å². The van der Waals surface area contributed by atoms with Crippen LogP contribution in [-0.4, -0.2) is 24.1 Å². The lowest BCUT2D eigenvalue weighted by atomic mass is 9.95. The van der Waals surface area contributed by atoms with E-state index in [9.17, 15) is 15.8 Å². The van der Waals surface area contributed by atoms with Crippen molar-refractivity contribution in [3.05, 3.63) is 247 Å². The zero-order valence-corrected chi connectivity index (χ0v) is 39.5. The number of aromatic nitrogens is 5. The number of nitriles is 3. The highest BCUT2D eigenvalue weighted by Gasteiger charge is 2.22. The van der Waals surface area contributed by atoms with E-state index in [0.29, 0.717) is 34.2 Å². The Labute approximate surface area is 425 Å². The van der Waals surface area contributed by atoms with Gasteiger partial charge in [0.1, 0.15) is 0 Å². The van der Waals surface area contributed by atoms with Crippen LogP contribution in [0.15, 0.2) is 231 Å². The number of nitrogens with zero attached hydrogens (tertiary/aromatic N) is 8. The molecule has 0 saturated carbocycles. The molecular formula is C66H38N8. The Balaban J connectivity index is 1.06. The number of hydrogen-bond donors (Lipinski definition) is 0. The van der Waals surface area contributed by atoms with Crippen molar-refractivity contribution >= 4 is 43.6 Å². The summed E-state index contributed by atoms with van der Waals surface area (Å²) in [4.78, 5) is 16.1. The molecule has 0 amide bonds. The van der Waals surface area contributed by atoms with Gasteiger partial charge in [0.15, 0.2) is 17.5 Å². The maximum Gasteiger partial charge on any atom is 0.164 e. The summed E-state index contributed by atoms with van der Waals surface area (Å²) in [5.41, 5.74) is 15.4. The Kier molecular flexibility index (Phi) is 10.5. The minimum Gasteiger partial charge on any atom is -0.309 e. The van der Waals surface area contributed by atoms with Crippen molar-refractivity contribution in [3.8, 4) is 97.1 Å². The highest BCUT2D eigenvalue weighted by molar-refractivity contribution is 6.10.